The maximum absolute atomic E-state index is 5.88. The number of piperidine rings is 1. The minimum absolute atomic E-state index is 0.582. The largest absolute Gasteiger partial charge is 0.478 e. The number of rotatable bonds is 7. The molecule has 9 heteroatoms. The lowest BCUT2D eigenvalue weighted by Gasteiger charge is -2.32. The molecule has 0 N–H and O–H groups in total. The molecule has 1 saturated heterocycles. The van der Waals surface area contributed by atoms with Crippen LogP contribution in [0.1, 0.15) is 25.7 Å². The Kier molecular flexibility index (Phi) is 5.48. The maximum Gasteiger partial charge on any atom is 0.225 e. The molecule has 3 aromatic rings. The van der Waals surface area contributed by atoms with Gasteiger partial charge < -0.3 is 9.64 Å². The molecule has 2 fully saturated rings. The Hall–Kier alpha value is -2.74. The van der Waals surface area contributed by atoms with E-state index in [0.29, 0.717) is 17.5 Å². The van der Waals surface area contributed by atoms with Gasteiger partial charge in [0, 0.05) is 19.2 Å². The van der Waals surface area contributed by atoms with Crippen molar-refractivity contribution in [3.63, 3.8) is 0 Å². The maximum atomic E-state index is 5.88. The van der Waals surface area contributed by atoms with Crippen LogP contribution in [0, 0.1) is 17.8 Å². The fourth-order valence-corrected chi connectivity index (χ4v) is 4.53. The summed E-state index contributed by atoms with van der Waals surface area (Å²) in [5.74, 6) is 3.87. The molecule has 1 aliphatic heterocycles. The number of pyridine rings is 1. The normalized spacial score (nSPS) is 21.6. The average molecular weight is 426 g/mol. The molecule has 0 amide bonds. The summed E-state index contributed by atoms with van der Waals surface area (Å²) in [6, 6.07) is 3.82. The van der Waals surface area contributed by atoms with E-state index in [-0.39, 0.29) is 0 Å². The summed E-state index contributed by atoms with van der Waals surface area (Å²) in [5.41, 5.74) is 0.873. The first-order chi connectivity index (χ1) is 14.8. The van der Waals surface area contributed by atoms with Crippen molar-refractivity contribution in [1.29, 1.82) is 0 Å². The molecule has 1 aliphatic carbocycles. The Bertz CT molecular complexity index is 941. The van der Waals surface area contributed by atoms with Gasteiger partial charge >= 0.3 is 0 Å². The van der Waals surface area contributed by atoms with Crippen molar-refractivity contribution in [1.82, 2.24) is 29.9 Å². The average Bonchev–Trinajstić information content (AvgIpc) is 3.34. The minimum Gasteiger partial charge on any atom is -0.478 e. The lowest BCUT2D eigenvalue weighted by Crippen LogP contribution is -2.35. The summed E-state index contributed by atoms with van der Waals surface area (Å²) in [6.45, 7) is 2.76. The summed E-state index contributed by atoms with van der Waals surface area (Å²) in [4.78, 5) is 15.3. The molecule has 0 aromatic carbocycles. The molecule has 5 rings (SSSR count). The standard InChI is InChI=1S/C21H24ClN7O/c22-17-12-24-21(25-13-17)28-7-3-15(4-8-28)19-11-16(19)5-10-30-20-2-1-18(14-23-20)29-9-6-26-27-29/h1-2,6,9,12-16,19H,3-5,7-8,10-11H2/t16-,19-/m0/s1. The van der Waals surface area contributed by atoms with Crippen LogP contribution in [0.5, 0.6) is 5.88 Å². The fourth-order valence-electron chi connectivity index (χ4n) is 4.43. The lowest BCUT2D eigenvalue weighted by atomic mass is 9.90. The number of ether oxygens (including phenoxy) is 1. The monoisotopic (exact) mass is 425 g/mol. The van der Waals surface area contributed by atoms with Gasteiger partial charge in [0.1, 0.15) is 0 Å². The molecular weight excluding hydrogens is 402 g/mol. The van der Waals surface area contributed by atoms with Crippen LogP contribution >= 0.6 is 11.6 Å². The highest BCUT2D eigenvalue weighted by atomic mass is 35.5. The molecular formula is C21H24ClN7O. The van der Waals surface area contributed by atoms with Crippen molar-refractivity contribution >= 4 is 17.5 Å². The van der Waals surface area contributed by atoms with E-state index in [4.69, 9.17) is 16.3 Å². The molecule has 3 aromatic heterocycles. The van der Waals surface area contributed by atoms with Crippen molar-refractivity contribution in [2.75, 3.05) is 24.6 Å². The number of nitrogens with zero attached hydrogens (tertiary/aromatic N) is 7. The summed E-state index contributed by atoms with van der Waals surface area (Å²) in [6.07, 6.45) is 13.4. The second-order valence-electron chi connectivity index (χ2n) is 8.02. The Labute approximate surface area is 180 Å². The Morgan fingerprint density at radius 3 is 2.60 bits per heavy atom. The zero-order chi connectivity index (χ0) is 20.3. The molecule has 0 spiro atoms. The molecule has 30 heavy (non-hydrogen) atoms. The summed E-state index contributed by atoms with van der Waals surface area (Å²) in [7, 11) is 0. The molecule has 4 heterocycles. The van der Waals surface area contributed by atoms with E-state index in [1.165, 1.54) is 19.3 Å². The summed E-state index contributed by atoms with van der Waals surface area (Å²) < 4.78 is 7.53. The minimum atomic E-state index is 0.582. The quantitative estimate of drug-likeness (QED) is 0.573. The topological polar surface area (TPSA) is 81.9 Å². The van der Waals surface area contributed by atoms with Gasteiger partial charge in [0.05, 0.1) is 48.3 Å². The Morgan fingerprint density at radius 2 is 1.90 bits per heavy atom. The third kappa shape index (κ3) is 4.38. The zero-order valence-electron chi connectivity index (χ0n) is 16.6. The first-order valence-electron chi connectivity index (χ1n) is 10.4. The number of anilines is 1. The molecule has 0 unspecified atom stereocenters. The molecule has 2 aliphatic rings. The second kappa shape index (κ2) is 8.55. The number of aromatic nitrogens is 6. The number of halogens is 1. The van der Waals surface area contributed by atoms with Crippen LogP contribution in [0.25, 0.3) is 5.69 Å². The van der Waals surface area contributed by atoms with Crippen LogP contribution in [0.3, 0.4) is 0 Å². The predicted molar refractivity (Wildman–Crippen MR) is 113 cm³/mol. The van der Waals surface area contributed by atoms with Crippen LogP contribution in [-0.2, 0) is 0 Å². The molecule has 2 atom stereocenters. The van der Waals surface area contributed by atoms with E-state index >= 15 is 0 Å². The summed E-state index contributed by atoms with van der Waals surface area (Å²) in [5, 5.41) is 8.35. The Morgan fingerprint density at radius 1 is 1.07 bits per heavy atom. The first kappa shape index (κ1) is 19.2. The highest BCUT2D eigenvalue weighted by Gasteiger charge is 2.43. The van der Waals surface area contributed by atoms with Gasteiger partial charge in [-0.2, -0.15) is 0 Å². The van der Waals surface area contributed by atoms with Crippen LogP contribution in [0.2, 0.25) is 5.02 Å². The second-order valence-corrected chi connectivity index (χ2v) is 8.46. The lowest BCUT2D eigenvalue weighted by molar-refractivity contribution is 0.276. The van der Waals surface area contributed by atoms with Gasteiger partial charge in [0.15, 0.2) is 0 Å². The number of hydrogen-bond donors (Lipinski definition) is 0. The van der Waals surface area contributed by atoms with Gasteiger partial charge in [-0.3, -0.25) is 0 Å². The smallest absolute Gasteiger partial charge is 0.225 e. The highest BCUT2D eigenvalue weighted by Crippen LogP contribution is 2.49. The molecule has 0 bridgehead atoms. The molecule has 0 radical (unpaired) electrons. The molecule has 156 valence electrons. The Balaban J connectivity index is 1.03. The van der Waals surface area contributed by atoms with Gasteiger partial charge in [-0.25, -0.2) is 19.6 Å². The fraction of sp³-hybridized carbons (Fsp3) is 0.476. The van der Waals surface area contributed by atoms with Crippen LogP contribution in [-0.4, -0.2) is 49.6 Å². The van der Waals surface area contributed by atoms with Gasteiger partial charge in [-0.1, -0.05) is 16.8 Å². The van der Waals surface area contributed by atoms with Crippen molar-refractivity contribution in [3.8, 4) is 11.6 Å². The zero-order valence-corrected chi connectivity index (χ0v) is 17.4. The van der Waals surface area contributed by atoms with Gasteiger partial charge in [0.25, 0.3) is 0 Å². The van der Waals surface area contributed by atoms with E-state index in [2.05, 4.69) is 30.2 Å². The number of hydrogen-bond acceptors (Lipinski definition) is 7. The SMILES string of the molecule is Clc1cnc(N2CCC([C@@H]3C[C@@H]3CCOc3ccc(-n4ccnn4)cn3)CC2)nc1. The van der Waals surface area contributed by atoms with Crippen LogP contribution < -0.4 is 9.64 Å². The van der Waals surface area contributed by atoms with Crippen LogP contribution in [0.15, 0.2) is 43.1 Å². The predicted octanol–water partition coefficient (Wildman–Crippen LogP) is 3.43. The van der Waals surface area contributed by atoms with E-state index in [1.54, 1.807) is 35.7 Å². The summed E-state index contributed by atoms with van der Waals surface area (Å²) >= 11 is 5.88. The van der Waals surface area contributed by atoms with E-state index in [9.17, 15) is 0 Å². The van der Waals surface area contributed by atoms with E-state index < -0.39 is 0 Å². The van der Waals surface area contributed by atoms with Crippen molar-refractivity contribution in [3.05, 3.63) is 48.1 Å². The van der Waals surface area contributed by atoms with Gasteiger partial charge in [-0.15, -0.1) is 5.10 Å². The van der Waals surface area contributed by atoms with E-state index in [1.807, 2.05) is 12.1 Å². The first-order valence-corrected chi connectivity index (χ1v) is 10.8. The van der Waals surface area contributed by atoms with Crippen molar-refractivity contribution in [2.24, 2.45) is 17.8 Å². The van der Waals surface area contributed by atoms with Gasteiger partial charge in [0.2, 0.25) is 11.8 Å². The third-order valence-electron chi connectivity index (χ3n) is 6.16. The molecule has 1 saturated carbocycles. The molecule has 8 nitrogen and oxygen atoms in total. The van der Waals surface area contributed by atoms with E-state index in [0.717, 1.165) is 48.9 Å². The van der Waals surface area contributed by atoms with Crippen molar-refractivity contribution < 1.29 is 4.74 Å². The van der Waals surface area contributed by atoms with Gasteiger partial charge in [-0.05, 0) is 49.5 Å². The van der Waals surface area contributed by atoms with Crippen molar-refractivity contribution in [2.45, 2.75) is 25.7 Å². The highest BCUT2D eigenvalue weighted by molar-refractivity contribution is 6.30. The third-order valence-corrected chi connectivity index (χ3v) is 6.35. The van der Waals surface area contributed by atoms with Crippen LogP contribution in [0.4, 0.5) is 5.95 Å².